The first-order valence-electron chi connectivity index (χ1n) is 4.86. The number of aromatic nitrogens is 1. The van der Waals surface area contributed by atoms with E-state index in [1.54, 1.807) is 12.3 Å². The molecule has 0 spiro atoms. The highest BCUT2D eigenvalue weighted by molar-refractivity contribution is 6.09. The number of H-pyrrole nitrogens is 1. The van der Waals surface area contributed by atoms with Gasteiger partial charge in [-0.2, -0.15) is 0 Å². The van der Waals surface area contributed by atoms with Gasteiger partial charge in [-0.05, 0) is 32.9 Å². The summed E-state index contributed by atoms with van der Waals surface area (Å²) in [4.78, 5) is 15.0. The number of furan rings is 1. The summed E-state index contributed by atoms with van der Waals surface area (Å²) in [6.07, 6.45) is 1.74. The predicted molar refractivity (Wildman–Crippen MR) is 57.1 cm³/mol. The fourth-order valence-electron chi connectivity index (χ4n) is 1.73. The van der Waals surface area contributed by atoms with E-state index in [9.17, 15) is 4.79 Å². The van der Waals surface area contributed by atoms with Crippen LogP contribution in [0.3, 0.4) is 0 Å². The van der Waals surface area contributed by atoms with Crippen LogP contribution in [0.2, 0.25) is 0 Å². The molecule has 0 bridgehead atoms. The van der Waals surface area contributed by atoms with Crippen LogP contribution >= 0.6 is 0 Å². The summed E-state index contributed by atoms with van der Waals surface area (Å²) >= 11 is 0. The van der Waals surface area contributed by atoms with Crippen LogP contribution < -0.4 is 0 Å². The molecule has 2 heterocycles. The highest BCUT2D eigenvalue weighted by Crippen LogP contribution is 2.23. The third kappa shape index (κ3) is 1.50. The maximum absolute atomic E-state index is 12.1. The van der Waals surface area contributed by atoms with Gasteiger partial charge < -0.3 is 9.40 Å². The van der Waals surface area contributed by atoms with Crippen LogP contribution in [0, 0.1) is 20.8 Å². The lowest BCUT2D eigenvalue weighted by Crippen LogP contribution is -2.03. The molecule has 0 amide bonds. The van der Waals surface area contributed by atoms with Gasteiger partial charge in [-0.15, -0.1) is 0 Å². The van der Waals surface area contributed by atoms with Crippen molar-refractivity contribution in [2.24, 2.45) is 0 Å². The van der Waals surface area contributed by atoms with Gasteiger partial charge in [0.1, 0.15) is 11.5 Å². The van der Waals surface area contributed by atoms with E-state index >= 15 is 0 Å². The molecule has 0 unspecified atom stereocenters. The lowest BCUT2D eigenvalue weighted by molar-refractivity contribution is 0.103. The van der Waals surface area contributed by atoms with Gasteiger partial charge >= 0.3 is 0 Å². The summed E-state index contributed by atoms with van der Waals surface area (Å²) in [6, 6.07) is 3.58. The van der Waals surface area contributed by atoms with E-state index in [1.165, 1.54) is 0 Å². The zero-order valence-electron chi connectivity index (χ0n) is 9.05. The van der Waals surface area contributed by atoms with Crippen molar-refractivity contribution in [3.63, 3.8) is 0 Å². The van der Waals surface area contributed by atoms with E-state index in [-0.39, 0.29) is 5.78 Å². The van der Waals surface area contributed by atoms with Crippen LogP contribution in [0.15, 0.2) is 22.7 Å². The SMILES string of the molecule is Cc1oc(C)c(C(=O)c2ccc[nH]2)c1C. The lowest BCUT2D eigenvalue weighted by atomic mass is 10.0. The van der Waals surface area contributed by atoms with Gasteiger partial charge in [-0.1, -0.05) is 0 Å². The van der Waals surface area contributed by atoms with Crippen molar-refractivity contribution in [2.45, 2.75) is 20.8 Å². The van der Waals surface area contributed by atoms with Crippen molar-refractivity contribution in [1.82, 2.24) is 4.98 Å². The van der Waals surface area contributed by atoms with E-state index in [2.05, 4.69) is 4.98 Å². The number of rotatable bonds is 2. The van der Waals surface area contributed by atoms with Crippen LogP contribution in [0.5, 0.6) is 0 Å². The van der Waals surface area contributed by atoms with E-state index < -0.39 is 0 Å². The van der Waals surface area contributed by atoms with E-state index in [0.29, 0.717) is 17.0 Å². The average molecular weight is 203 g/mol. The zero-order valence-corrected chi connectivity index (χ0v) is 9.05. The molecule has 2 aromatic rings. The number of aromatic amines is 1. The highest BCUT2D eigenvalue weighted by Gasteiger charge is 2.20. The van der Waals surface area contributed by atoms with Crippen LogP contribution in [0.1, 0.15) is 33.1 Å². The molecule has 15 heavy (non-hydrogen) atoms. The first-order chi connectivity index (χ1) is 7.11. The predicted octanol–water partition coefficient (Wildman–Crippen LogP) is 2.76. The van der Waals surface area contributed by atoms with Gasteiger partial charge in [0.15, 0.2) is 0 Å². The maximum Gasteiger partial charge on any atom is 0.212 e. The van der Waals surface area contributed by atoms with Crippen molar-refractivity contribution in [1.29, 1.82) is 0 Å². The van der Waals surface area contributed by atoms with Gasteiger partial charge in [0.05, 0.1) is 11.3 Å². The lowest BCUT2D eigenvalue weighted by Gasteiger charge is -1.97. The summed E-state index contributed by atoms with van der Waals surface area (Å²) < 4.78 is 5.43. The fourth-order valence-corrected chi connectivity index (χ4v) is 1.73. The number of carbonyl (C=O) groups is 1. The van der Waals surface area contributed by atoms with Crippen LogP contribution in [0.25, 0.3) is 0 Å². The molecule has 0 aliphatic rings. The number of aryl methyl sites for hydroxylation is 2. The second-order valence-corrected chi connectivity index (χ2v) is 3.63. The van der Waals surface area contributed by atoms with Gasteiger partial charge in [0.25, 0.3) is 0 Å². The molecule has 78 valence electrons. The summed E-state index contributed by atoms with van der Waals surface area (Å²) in [5.74, 6) is 1.49. The van der Waals surface area contributed by atoms with Crippen molar-refractivity contribution in [3.8, 4) is 0 Å². The second-order valence-electron chi connectivity index (χ2n) is 3.63. The third-order valence-corrected chi connectivity index (χ3v) is 2.63. The number of ketones is 1. The topological polar surface area (TPSA) is 46.0 Å². The summed E-state index contributed by atoms with van der Waals surface area (Å²) in [5.41, 5.74) is 2.20. The minimum Gasteiger partial charge on any atom is -0.466 e. The Balaban J connectivity index is 2.51. The van der Waals surface area contributed by atoms with Crippen LogP contribution in [0.4, 0.5) is 0 Å². The Kier molecular flexibility index (Phi) is 2.23. The van der Waals surface area contributed by atoms with E-state index in [1.807, 2.05) is 26.8 Å². The summed E-state index contributed by atoms with van der Waals surface area (Å²) in [5, 5.41) is 0. The standard InChI is InChI=1S/C12H13NO2/c1-7-8(2)15-9(3)11(7)12(14)10-5-4-6-13-10/h4-6,13H,1-3H3. The van der Waals surface area contributed by atoms with E-state index in [4.69, 9.17) is 4.42 Å². The molecule has 1 N–H and O–H groups in total. The number of hydrogen-bond donors (Lipinski definition) is 1. The largest absolute Gasteiger partial charge is 0.466 e. The average Bonchev–Trinajstić information content (AvgIpc) is 2.76. The van der Waals surface area contributed by atoms with Gasteiger partial charge in [-0.25, -0.2) is 0 Å². The molecule has 2 aromatic heterocycles. The summed E-state index contributed by atoms with van der Waals surface area (Å²) in [7, 11) is 0. The van der Waals surface area contributed by atoms with Gasteiger partial charge in [0, 0.05) is 11.8 Å². The summed E-state index contributed by atoms with van der Waals surface area (Å²) in [6.45, 7) is 5.59. The molecule has 0 atom stereocenters. The molecule has 0 aliphatic heterocycles. The molecule has 0 fully saturated rings. The first-order valence-corrected chi connectivity index (χ1v) is 4.86. The number of nitrogens with one attached hydrogen (secondary N) is 1. The molecular weight excluding hydrogens is 190 g/mol. The molecule has 3 nitrogen and oxygen atoms in total. The Morgan fingerprint density at radius 3 is 2.47 bits per heavy atom. The Morgan fingerprint density at radius 2 is 2.00 bits per heavy atom. The number of hydrogen-bond acceptors (Lipinski definition) is 2. The van der Waals surface area contributed by atoms with Gasteiger partial charge in [0.2, 0.25) is 5.78 Å². The quantitative estimate of drug-likeness (QED) is 0.763. The molecule has 3 heteroatoms. The monoisotopic (exact) mass is 203 g/mol. The van der Waals surface area contributed by atoms with Crippen LogP contribution in [-0.4, -0.2) is 10.8 Å². The Bertz CT molecular complexity index is 492. The Morgan fingerprint density at radius 1 is 1.27 bits per heavy atom. The fraction of sp³-hybridized carbons (Fsp3) is 0.250. The second kappa shape index (κ2) is 3.42. The molecule has 0 saturated carbocycles. The molecular formula is C12H13NO2. The normalized spacial score (nSPS) is 10.6. The smallest absolute Gasteiger partial charge is 0.212 e. The Labute approximate surface area is 88.1 Å². The molecule has 0 aromatic carbocycles. The minimum atomic E-state index is -0.00755. The van der Waals surface area contributed by atoms with Crippen molar-refractivity contribution in [2.75, 3.05) is 0 Å². The molecule has 2 rings (SSSR count). The van der Waals surface area contributed by atoms with Crippen molar-refractivity contribution >= 4 is 5.78 Å². The first kappa shape index (κ1) is 9.77. The Hall–Kier alpha value is -1.77. The molecule has 0 radical (unpaired) electrons. The molecule has 0 saturated heterocycles. The minimum absolute atomic E-state index is 0.00755. The van der Waals surface area contributed by atoms with Crippen molar-refractivity contribution in [3.05, 3.63) is 46.7 Å². The maximum atomic E-state index is 12.1. The zero-order chi connectivity index (χ0) is 11.0. The molecule has 0 aliphatic carbocycles. The van der Waals surface area contributed by atoms with Crippen molar-refractivity contribution < 1.29 is 9.21 Å². The van der Waals surface area contributed by atoms with Gasteiger partial charge in [-0.3, -0.25) is 4.79 Å². The number of carbonyl (C=O) groups excluding carboxylic acids is 1. The van der Waals surface area contributed by atoms with E-state index in [0.717, 1.165) is 11.3 Å². The highest BCUT2D eigenvalue weighted by atomic mass is 16.3. The third-order valence-electron chi connectivity index (χ3n) is 2.63. The van der Waals surface area contributed by atoms with Crippen LogP contribution in [-0.2, 0) is 0 Å².